The lowest BCUT2D eigenvalue weighted by atomic mass is 9.48. The van der Waals surface area contributed by atoms with Crippen molar-refractivity contribution < 1.29 is 0 Å². The molecule has 4 aliphatic carbocycles. The molecule has 4 saturated carbocycles. The van der Waals surface area contributed by atoms with Crippen molar-refractivity contribution >= 4 is 29.1 Å². The predicted molar refractivity (Wildman–Crippen MR) is 125 cm³/mol. The summed E-state index contributed by atoms with van der Waals surface area (Å²) in [7, 11) is 0. The van der Waals surface area contributed by atoms with E-state index in [1.54, 1.807) is 23.5 Å². The molecular formula is C24H28ClN7. The van der Waals surface area contributed by atoms with Crippen molar-refractivity contribution in [1.29, 1.82) is 0 Å². The Labute approximate surface area is 193 Å². The first-order valence-corrected chi connectivity index (χ1v) is 11.9. The van der Waals surface area contributed by atoms with Gasteiger partial charge in [-0.05, 0) is 73.0 Å². The van der Waals surface area contributed by atoms with E-state index >= 15 is 0 Å². The minimum Gasteiger partial charge on any atom is -0.365 e. The van der Waals surface area contributed by atoms with Crippen molar-refractivity contribution in [2.75, 3.05) is 10.6 Å². The summed E-state index contributed by atoms with van der Waals surface area (Å²) in [6.07, 6.45) is 11.7. The van der Waals surface area contributed by atoms with Gasteiger partial charge in [-0.3, -0.25) is 0 Å². The highest BCUT2D eigenvalue weighted by atomic mass is 35.5. The summed E-state index contributed by atoms with van der Waals surface area (Å²) in [6, 6.07) is 8.62. The molecule has 2 aromatic heterocycles. The molecule has 7 nitrogen and oxygen atoms in total. The van der Waals surface area contributed by atoms with Crippen LogP contribution in [0.1, 0.15) is 44.6 Å². The average molecular weight is 450 g/mol. The molecule has 2 atom stereocenters. The van der Waals surface area contributed by atoms with Crippen LogP contribution in [0.5, 0.6) is 0 Å². The van der Waals surface area contributed by atoms with Gasteiger partial charge in [0.15, 0.2) is 5.82 Å². The van der Waals surface area contributed by atoms with Crippen LogP contribution in [0.15, 0.2) is 43.1 Å². The van der Waals surface area contributed by atoms with Gasteiger partial charge in [0.1, 0.15) is 17.7 Å². The van der Waals surface area contributed by atoms with Gasteiger partial charge in [-0.25, -0.2) is 14.6 Å². The lowest BCUT2D eigenvalue weighted by Crippen LogP contribution is -2.55. The quantitative estimate of drug-likeness (QED) is 0.542. The Morgan fingerprint density at radius 3 is 2.78 bits per heavy atom. The van der Waals surface area contributed by atoms with Gasteiger partial charge in [0.25, 0.3) is 0 Å². The number of nitrogens with one attached hydrogen (secondary N) is 2. The summed E-state index contributed by atoms with van der Waals surface area (Å²) in [5, 5.41) is 11.8. The van der Waals surface area contributed by atoms with Crippen LogP contribution in [-0.4, -0.2) is 30.8 Å². The van der Waals surface area contributed by atoms with E-state index in [1.807, 2.05) is 12.1 Å². The first kappa shape index (κ1) is 20.0. The van der Waals surface area contributed by atoms with Crippen LogP contribution >= 0.6 is 11.6 Å². The number of hydrogen-bond donors (Lipinski definition) is 2. The number of rotatable bonds is 6. The molecule has 3 aromatic rings. The smallest absolute Gasteiger partial charge is 0.229 e. The third-order valence-electron chi connectivity index (χ3n) is 7.62. The van der Waals surface area contributed by atoms with E-state index in [0.717, 1.165) is 34.8 Å². The second kappa shape index (κ2) is 7.73. The highest BCUT2D eigenvalue weighted by Crippen LogP contribution is 2.60. The molecule has 7 rings (SSSR count). The van der Waals surface area contributed by atoms with Crippen molar-refractivity contribution in [1.82, 2.24) is 24.7 Å². The average Bonchev–Trinajstić information content (AvgIpc) is 3.25. The molecule has 0 amide bonds. The molecule has 166 valence electrons. The van der Waals surface area contributed by atoms with E-state index in [2.05, 4.69) is 44.8 Å². The standard InChI is InChI=1S/C24H28ClN7/c1-24-8-16-5-17(9-24)21(18(6-16)10-24)30-22-20(25)11-27-23(31-22)29-19-4-2-3-15(7-19)12-32-14-26-13-28-32/h2-4,7,11,13-14,16-18,21H,5-6,8-10,12H2,1H3,(H2,27,29,30,31). The molecule has 32 heavy (non-hydrogen) atoms. The van der Waals surface area contributed by atoms with Crippen LogP contribution in [-0.2, 0) is 6.54 Å². The molecule has 4 bridgehead atoms. The number of anilines is 3. The highest BCUT2D eigenvalue weighted by Gasteiger charge is 2.53. The maximum atomic E-state index is 6.51. The number of hydrogen-bond acceptors (Lipinski definition) is 6. The molecule has 4 aliphatic rings. The van der Waals surface area contributed by atoms with Gasteiger partial charge < -0.3 is 10.6 Å². The lowest BCUT2D eigenvalue weighted by molar-refractivity contribution is -0.0505. The minimum absolute atomic E-state index is 0.464. The Bertz CT molecular complexity index is 1100. The second-order valence-electron chi connectivity index (χ2n) is 10.3. The normalized spacial score (nSPS) is 30.4. The van der Waals surface area contributed by atoms with Crippen molar-refractivity contribution in [2.24, 2.45) is 23.2 Å². The van der Waals surface area contributed by atoms with E-state index in [0.29, 0.717) is 29.0 Å². The Morgan fingerprint density at radius 1 is 1.19 bits per heavy atom. The SMILES string of the molecule is CC12CC3CC(C1)C(Nc1nc(Nc4cccc(Cn5cncn5)c4)ncc1Cl)C(C3)C2. The second-order valence-corrected chi connectivity index (χ2v) is 10.7. The van der Waals surface area contributed by atoms with Crippen LogP contribution in [0.2, 0.25) is 5.02 Å². The molecular weight excluding hydrogens is 422 g/mol. The summed E-state index contributed by atoms with van der Waals surface area (Å²) in [5.74, 6) is 3.65. The van der Waals surface area contributed by atoms with Crippen LogP contribution in [0.3, 0.4) is 0 Å². The number of halogens is 1. The Kier molecular flexibility index (Phi) is 4.82. The maximum Gasteiger partial charge on any atom is 0.229 e. The molecule has 2 N–H and O–H groups in total. The van der Waals surface area contributed by atoms with Crippen LogP contribution in [0.25, 0.3) is 0 Å². The molecule has 1 aromatic carbocycles. The zero-order valence-electron chi connectivity index (χ0n) is 18.2. The molecule has 0 aliphatic heterocycles. The van der Waals surface area contributed by atoms with Gasteiger partial charge >= 0.3 is 0 Å². The monoisotopic (exact) mass is 449 g/mol. The van der Waals surface area contributed by atoms with Gasteiger partial charge in [0.05, 0.1) is 12.7 Å². The summed E-state index contributed by atoms with van der Waals surface area (Å²) < 4.78 is 1.80. The number of nitrogens with zero attached hydrogens (tertiary/aromatic N) is 5. The van der Waals surface area contributed by atoms with Crippen LogP contribution in [0.4, 0.5) is 17.5 Å². The van der Waals surface area contributed by atoms with Crippen molar-refractivity contribution in [2.45, 2.75) is 51.6 Å². The Hall–Kier alpha value is -2.67. The molecule has 8 heteroatoms. The first-order chi connectivity index (χ1) is 15.5. The summed E-state index contributed by atoms with van der Waals surface area (Å²) in [4.78, 5) is 13.2. The molecule has 2 heterocycles. The minimum atomic E-state index is 0.464. The predicted octanol–water partition coefficient (Wildman–Crippen LogP) is 5.14. The molecule has 0 spiro atoms. The molecule has 4 fully saturated rings. The van der Waals surface area contributed by atoms with Crippen molar-refractivity contribution in [3.05, 3.63) is 53.7 Å². The van der Waals surface area contributed by atoms with Gasteiger partial charge in [-0.15, -0.1) is 0 Å². The van der Waals surface area contributed by atoms with Crippen LogP contribution < -0.4 is 10.6 Å². The zero-order chi connectivity index (χ0) is 21.7. The van der Waals surface area contributed by atoms with Gasteiger partial charge in [0.2, 0.25) is 5.95 Å². The molecule has 0 saturated heterocycles. The highest BCUT2D eigenvalue weighted by molar-refractivity contribution is 6.32. The maximum absolute atomic E-state index is 6.51. The largest absolute Gasteiger partial charge is 0.365 e. The third kappa shape index (κ3) is 3.83. The zero-order valence-corrected chi connectivity index (χ0v) is 19.0. The fraction of sp³-hybridized carbons (Fsp3) is 0.500. The Morgan fingerprint density at radius 2 is 2.03 bits per heavy atom. The fourth-order valence-corrected chi connectivity index (χ4v) is 6.88. The summed E-state index contributed by atoms with van der Waals surface area (Å²) >= 11 is 6.51. The van der Waals surface area contributed by atoms with E-state index < -0.39 is 0 Å². The topological polar surface area (TPSA) is 80.5 Å². The third-order valence-corrected chi connectivity index (χ3v) is 7.90. The van der Waals surface area contributed by atoms with E-state index in [-0.39, 0.29) is 0 Å². The lowest BCUT2D eigenvalue weighted by Gasteiger charge is -2.59. The molecule has 2 unspecified atom stereocenters. The first-order valence-electron chi connectivity index (χ1n) is 11.5. The molecule has 0 radical (unpaired) electrons. The van der Waals surface area contributed by atoms with E-state index in [4.69, 9.17) is 16.6 Å². The summed E-state index contributed by atoms with van der Waals surface area (Å²) in [6.45, 7) is 3.15. The van der Waals surface area contributed by atoms with Gasteiger partial charge in [-0.1, -0.05) is 30.7 Å². The number of benzene rings is 1. The van der Waals surface area contributed by atoms with Crippen molar-refractivity contribution in [3.8, 4) is 0 Å². The van der Waals surface area contributed by atoms with Crippen molar-refractivity contribution in [3.63, 3.8) is 0 Å². The van der Waals surface area contributed by atoms with Gasteiger partial charge in [0, 0.05) is 11.7 Å². The van der Waals surface area contributed by atoms with E-state index in [1.165, 1.54) is 32.1 Å². The number of aromatic nitrogens is 5. The summed E-state index contributed by atoms with van der Waals surface area (Å²) in [5.41, 5.74) is 2.60. The van der Waals surface area contributed by atoms with E-state index in [9.17, 15) is 0 Å². The van der Waals surface area contributed by atoms with Gasteiger partial charge in [-0.2, -0.15) is 10.1 Å². The van der Waals surface area contributed by atoms with Crippen LogP contribution in [0, 0.1) is 23.2 Å². The fourth-order valence-electron chi connectivity index (χ4n) is 6.73. The Balaban J connectivity index is 1.18.